The Balaban J connectivity index is 2.85. The van der Waals surface area contributed by atoms with Crippen LogP contribution < -0.4 is 5.46 Å². The third-order valence-electron chi connectivity index (χ3n) is 1.21. The van der Waals surface area contributed by atoms with Crippen molar-refractivity contribution in [3.05, 3.63) is 30.3 Å². The third kappa shape index (κ3) is 1.55. The smallest absolute Gasteiger partial charge is 0.250 e. The minimum atomic E-state index is -2.05. The molecule has 48 valence electrons. The summed E-state index contributed by atoms with van der Waals surface area (Å²) in [5.74, 6) is 0. The van der Waals surface area contributed by atoms with Gasteiger partial charge in [-0.05, 0) is 0 Å². The van der Waals surface area contributed by atoms with E-state index in [0.717, 1.165) is 0 Å². The van der Waals surface area contributed by atoms with Gasteiger partial charge in [-0.25, -0.2) is 0 Å². The molecule has 0 aromatic heterocycles. The molecule has 0 bridgehead atoms. The van der Waals surface area contributed by atoms with E-state index in [2.05, 4.69) is 0 Å². The summed E-state index contributed by atoms with van der Waals surface area (Å²) >= 11 is 0. The van der Waals surface area contributed by atoms with Crippen molar-refractivity contribution >= 4 is 12.6 Å². The van der Waals surface area contributed by atoms with Crippen LogP contribution in [0.4, 0.5) is 0 Å². The highest BCUT2D eigenvalue weighted by atomic mass is 16.4. The Kier molecular flexibility index (Phi) is 1.87. The van der Waals surface area contributed by atoms with Crippen LogP contribution in [0.3, 0.4) is 0 Å². The fourth-order valence-corrected chi connectivity index (χ4v) is 0.689. The molecule has 1 rings (SSSR count). The van der Waals surface area contributed by atoms with E-state index in [4.69, 9.17) is 10.0 Å². The highest BCUT2D eigenvalue weighted by molar-refractivity contribution is 6.58. The Morgan fingerprint density at radius 2 is 1.56 bits per heavy atom. The van der Waals surface area contributed by atoms with Crippen LogP contribution in [0.15, 0.2) is 30.3 Å². The van der Waals surface area contributed by atoms with Crippen molar-refractivity contribution in [3.63, 3.8) is 0 Å². The lowest BCUT2D eigenvalue weighted by Crippen LogP contribution is -2.29. The van der Waals surface area contributed by atoms with Gasteiger partial charge in [-0.1, -0.05) is 30.3 Å². The molecule has 0 unspecified atom stereocenters. The first-order valence-corrected chi connectivity index (χ1v) is 2.90. The highest BCUT2D eigenvalue weighted by Gasteiger charge is 1.91. The second kappa shape index (κ2) is 2.66. The molecule has 9 heavy (non-hydrogen) atoms. The zero-order valence-corrected chi connectivity index (χ0v) is 4.99. The fourth-order valence-electron chi connectivity index (χ4n) is 0.689. The van der Waals surface area contributed by atoms with Gasteiger partial charge in [0.25, 0.3) is 0 Å². The maximum Gasteiger partial charge on any atom is 0.250 e. The molecule has 0 aliphatic rings. The quantitative estimate of drug-likeness (QED) is 0.475. The van der Waals surface area contributed by atoms with Crippen LogP contribution in [-0.2, 0) is 0 Å². The van der Waals surface area contributed by atoms with E-state index in [1.807, 2.05) is 6.07 Å². The van der Waals surface area contributed by atoms with Gasteiger partial charge in [-0.3, -0.25) is 0 Å². The summed E-state index contributed by atoms with van der Waals surface area (Å²) in [6, 6.07) is 8.79. The second-order valence-electron chi connectivity index (χ2n) is 1.94. The number of benzene rings is 1. The molecule has 2 nitrogen and oxygen atoms in total. The fraction of sp³-hybridized carbons (Fsp3) is 0. The van der Waals surface area contributed by atoms with Gasteiger partial charge in [0.1, 0.15) is 0 Å². The molecule has 1 aromatic carbocycles. The van der Waals surface area contributed by atoms with E-state index < -0.39 is 7.12 Å². The van der Waals surface area contributed by atoms with Crippen LogP contribution in [0.25, 0.3) is 0 Å². The average Bonchev–Trinajstić information content (AvgIpc) is 1.90. The summed E-state index contributed by atoms with van der Waals surface area (Å²) in [5, 5.41) is 17.3. The van der Waals surface area contributed by atoms with Crippen LogP contribution in [0.1, 0.15) is 0 Å². The molecule has 0 amide bonds. The van der Waals surface area contributed by atoms with Crippen molar-refractivity contribution in [3.8, 4) is 0 Å². The lowest BCUT2D eigenvalue weighted by Gasteiger charge is -2.07. The van der Waals surface area contributed by atoms with Gasteiger partial charge in [-0.2, -0.15) is 5.46 Å². The molecule has 0 heterocycles. The molecule has 0 saturated heterocycles. The van der Waals surface area contributed by atoms with Crippen LogP contribution in [0.5, 0.6) is 0 Å². The summed E-state index contributed by atoms with van der Waals surface area (Å²) in [6.07, 6.45) is 0. The molecule has 2 N–H and O–H groups in total. The van der Waals surface area contributed by atoms with Crippen molar-refractivity contribution in [2.75, 3.05) is 0 Å². The van der Waals surface area contributed by atoms with Crippen LogP contribution >= 0.6 is 0 Å². The van der Waals surface area contributed by atoms with Gasteiger partial charge >= 0.3 is 0 Å². The largest absolute Gasteiger partial charge is 0.582 e. The topological polar surface area (TPSA) is 40.5 Å². The Morgan fingerprint density at radius 1 is 1.00 bits per heavy atom. The molecule has 0 radical (unpaired) electrons. The van der Waals surface area contributed by atoms with Gasteiger partial charge in [0.15, 0.2) is 0 Å². The molecule has 3 heteroatoms. The predicted octanol–water partition coefficient (Wildman–Crippen LogP) is -0.901. The molecule has 0 atom stereocenters. The molecule has 1 aromatic rings. The van der Waals surface area contributed by atoms with Gasteiger partial charge in [0, 0.05) is 0 Å². The molecule has 0 aliphatic heterocycles. The monoisotopic (exact) mass is 123 g/mol. The van der Waals surface area contributed by atoms with E-state index in [1.165, 1.54) is 0 Å². The Labute approximate surface area is 53.9 Å². The van der Waals surface area contributed by atoms with Crippen molar-refractivity contribution in [1.29, 1.82) is 0 Å². The zero-order chi connectivity index (χ0) is 6.69. The summed E-state index contributed by atoms with van der Waals surface area (Å²) in [7, 11) is -2.05. The van der Waals surface area contributed by atoms with Crippen molar-refractivity contribution < 1.29 is 10.0 Å². The number of hydrogen-bond donors (Lipinski definition) is 2. The first-order chi connectivity index (χ1) is 4.30. The molecule has 0 saturated carbocycles. The zero-order valence-electron chi connectivity index (χ0n) is 4.99. The van der Waals surface area contributed by atoms with Crippen molar-refractivity contribution in [2.24, 2.45) is 0 Å². The molecule has 0 fully saturated rings. The minimum Gasteiger partial charge on any atom is -0.582 e. The molecular weight excluding hydrogens is 115 g/mol. The maximum absolute atomic E-state index is 8.66. The summed E-state index contributed by atoms with van der Waals surface area (Å²) < 4.78 is 0. The van der Waals surface area contributed by atoms with E-state index in [-0.39, 0.29) is 0 Å². The van der Waals surface area contributed by atoms with Crippen LogP contribution in [0.2, 0.25) is 0 Å². The first-order valence-electron chi connectivity index (χ1n) is 2.90. The normalized spacial score (nSPS) is 10.1. The summed E-state index contributed by atoms with van der Waals surface area (Å²) in [6.45, 7) is 0. The summed E-state index contributed by atoms with van der Waals surface area (Å²) in [5.41, 5.74) is 0.609. The van der Waals surface area contributed by atoms with Gasteiger partial charge < -0.3 is 10.0 Å². The van der Waals surface area contributed by atoms with E-state index in [9.17, 15) is 0 Å². The summed E-state index contributed by atoms with van der Waals surface area (Å²) in [4.78, 5) is 0. The molecule has 0 spiro atoms. The Hall–Kier alpha value is -0.795. The lowest BCUT2D eigenvalue weighted by atomic mass is 9.81. The van der Waals surface area contributed by atoms with Crippen LogP contribution in [0, 0.1) is 0 Å². The van der Waals surface area contributed by atoms with Gasteiger partial charge in [0.2, 0.25) is 7.12 Å². The van der Waals surface area contributed by atoms with E-state index in [1.54, 1.807) is 24.3 Å². The van der Waals surface area contributed by atoms with Crippen LogP contribution in [-0.4, -0.2) is 17.2 Å². The highest BCUT2D eigenvalue weighted by Crippen LogP contribution is 1.82. The maximum atomic E-state index is 8.66. The third-order valence-corrected chi connectivity index (χ3v) is 1.21. The Morgan fingerprint density at radius 3 is 1.89 bits per heavy atom. The number of hydrogen-bond acceptors (Lipinski definition) is 2. The lowest BCUT2D eigenvalue weighted by molar-refractivity contribution is 0.426. The van der Waals surface area contributed by atoms with E-state index in [0.29, 0.717) is 5.46 Å². The average molecular weight is 123 g/mol. The Bertz CT molecular complexity index is 174. The number of rotatable bonds is 1. The van der Waals surface area contributed by atoms with Crippen molar-refractivity contribution in [2.45, 2.75) is 0 Å². The van der Waals surface area contributed by atoms with Gasteiger partial charge in [-0.15, -0.1) is 0 Å². The first kappa shape index (κ1) is 6.33. The minimum absolute atomic E-state index is 0.609. The molecular formula is C6H8BO2-. The van der Waals surface area contributed by atoms with E-state index >= 15 is 0 Å². The second-order valence-corrected chi connectivity index (χ2v) is 1.94. The molecule has 0 aliphatic carbocycles. The van der Waals surface area contributed by atoms with Gasteiger partial charge in [0.05, 0.1) is 0 Å². The standard InChI is InChI=1S/C6H8BO2/c8-7(9)6-4-2-1-3-5-6/h1-5,7-9H/q-1. The predicted molar refractivity (Wildman–Crippen MR) is 37.7 cm³/mol. The van der Waals surface area contributed by atoms with Crippen molar-refractivity contribution in [1.82, 2.24) is 0 Å². The SMILES string of the molecule is O[BH-](O)c1ccccc1.